The zero-order valence-electron chi connectivity index (χ0n) is 14.3. The first-order valence-electron chi connectivity index (χ1n) is 8.40. The average molecular weight is 358 g/mol. The van der Waals surface area contributed by atoms with Crippen molar-refractivity contribution in [1.82, 2.24) is 16.0 Å². The minimum absolute atomic E-state index is 0. The van der Waals surface area contributed by atoms with Gasteiger partial charge in [0.05, 0.1) is 6.26 Å². The molecule has 2 unspecified atom stereocenters. The van der Waals surface area contributed by atoms with Crippen molar-refractivity contribution in [3.63, 3.8) is 0 Å². The van der Waals surface area contributed by atoms with E-state index in [0.29, 0.717) is 12.5 Å². The number of rotatable bonds is 7. The summed E-state index contributed by atoms with van der Waals surface area (Å²) in [6, 6.07) is 2.68. The first-order valence-corrected chi connectivity index (χ1v) is 8.40. The highest BCUT2D eigenvalue weighted by atomic mass is 35.5. The molecule has 0 aliphatic carbocycles. The minimum Gasteiger partial charge on any atom is -0.459 e. The number of halogens is 1. The third kappa shape index (κ3) is 6.17. The molecule has 1 aliphatic heterocycles. The van der Waals surface area contributed by atoms with Gasteiger partial charge in [0.15, 0.2) is 5.76 Å². The summed E-state index contributed by atoms with van der Waals surface area (Å²) in [5, 5.41) is 9.08. The van der Waals surface area contributed by atoms with Crippen molar-refractivity contribution in [2.45, 2.75) is 39.2 Å². The van der Waals surface area contributed by atoms with Crippen molar-refractivity contribution in [2.24, 2.45) is 11.8 Å². The second kappa shape index (κ2) is 10.4. The SMILES string of the molecule is CC(C)C(NC(=O)c1ccco1)C(=O)NCCC1CCCNC1.Cl. The maximum Gasteiger partial charge on any atom is 0.287 e. The summed E-state index contributed by atoms with van der Waals surface area (Å²) < 4.78 is 5.07. The van der Waals surface area contributed by atoms with Gasteiger partial charge in [-0.2, -0.15) is 0 Å². The Morgan fingerprint density at radius 1 is 1.42 bits per heavy atom. The Balaban J connectivity index is 0.00000288. The van der Waals surface area contributed by atoms with Gasteiger partial charge >= 0.3 is 0 Å². The Hall–Kier alpha value is -1.53. The van der Waals surface area contributed by atoms with Gasteiger partial charge in [-0.3, -0.25) is 9.59 Å². The molecule has 0 radical (unpaired) electrons. The molecule has 24 heavy (non-hydrogen) atoms. The van der Waals surface area contributed by atoms with E-state index in [0.717, 1.165) is 19.5 Å². The second-order valence-electron chi connectivity index (χ2n) is 6.46. The highest BCUT2D eigenvalue weighted by Gasteiger charge is 2.25. The molecule has 3 N–H and O–H groups in total. The lowest BCUT2D eigenvalue weighted by Gasteiger charge is -2.24. The number of hydrogen-bond acceptors (Lipinski definition) is 4. The van der Waals surface area contributed by atoms with Crippen LogP contribution in [0.25, 0.3) is 0 Å². The maximum atomic E-state index is 12.4. The third-order valence-corrected chi connectivity index (χ3v) is 4.23. The van der Waals surface area contributed by atoms with Gasteiger partial charge in [0.25, 0.3) is 5.91 Å². The van der Waals surface area contributed by atoms with E-state index in [2.05, 4.69) is 16.0 Å². The molecule has 1 fully saturated rings. The Kier molecular flexibility index (Phi) is 8.85. The van der Waals surface area contributed by atoms with Crippen molar-refractivity contribution in [2.75, 3.05) is 19.6 Å². The summed E-state index contributed by atoms with van der Waals surface area (Å²) in [4.78, 5) is 24.4. The molecule has 2 atom stereocenters. The van der Waals surface area contributed by atoms with Crippen molar-refractivity contribution >= 4 is 24.2 Å². The first kappa shape index (κ1) is 20.5. The van der Waals surface area contributed by atoms with Crippen LogP contribution in [-0.2, 0) is 4.79 Å². The van der Waals surface area contributed by atoms with Crippen LogP contribution in [0.3, 0.4) is 0 Å². The van der Waals surface area contributed by atoms with Gasteiger partial charge in [-0.1, -0.05) is 13.8 Å². The van der Waals surface area contributed by atoms with Crippen LogP contribution < -0.4 is 16.0 Å². The second-order valence-corrected chi connectivity index (χ2v) is 6.46. The Labute approximate surface area is 149 Å². The first-order chi connectivity index (χ1) is 11.1. The fourth-order valence-electron chi connectivity index (χ4n) is 2.83. The monoisotopic (exact) mass is 357 g/mol. The van der Waals surface area contributed by atoms with Crippen LogP contribution in [0.2, 0.25) is 0 Å². The Morgan fingerprint density at radius 2 is 2.21 bits per heavy atom. The smallest absolute Gasteiger partial charge is 0.287 e. The molecule has 7 heteroatoms. The predicted octanol–water partition coefficient (Wildman–Crippen LogP) is 1.96. The molecule has 2 rings (SSSR count). The van der Waals surface area contributed by atoms with Crippen LogP contribution in [0.15, 0.2) is 22.8 Å². The van der Waals surface area contributed by atoms with E-state index < -0.39 is 6.04 Å². The van der Waals surface area contributed by atoms with E-state index in [9.17, 15) is 9.59 Å². The van der Waals surface area contributed by atoms with Gasteiger partial charge in [-0.15, -0.1) is 12.4 Å². The fourth-order valence-corrected chi connectivity index (χ4v) is 2.83. The van der Waals surface area contributed by atoms with Gasteiger partial charge in [-0.25, -0.2) is 0 Å². The van der Waals surface area contributed by atoms with E-state index >= 15 is 0 Å². The standard InChI is InChI=1S/C17H27N3O3.ClH/c1-12(2)15(20-16(21)14-6-4-10-23-14)17(22)19-9-7-13-5-3-8-18-11-13;/h4,6,10,12-13,15,18H,3,5,7-9,11H2,1-2H3,(H,19,22)(H,20,21);1H. The summed E-state index contributed by atoms with van der Waals surface area (Å²) >= 11 is 0. The predicted molar refractivity (Wildman–Crippen MR) is 95.3 cm³/mol. The fraction of sp³-hybridized carbons (Fsp3) is 0.647. The van der Waals surface area contributed by atoms with E-state index in [-0.39, 0.29) is 35.9 Å². The van der Waals surface area contributed by atoms with Gasteiger partial charge in [-0.05, 0) is 56.3 Å². The van der Waals surface area contributed by atoms with Crippen LogP contribution in [-0.4, -0.2) is 37.5 Å². The van der Waals surface area contributed by atoms with E-state index in [1.165, 1.54) is 19.1 Å². The van der Waals surface area contributed by atoms with E-state index in [1.807, 2.05) is 13.8 Å². The van der Waals surface area contributed by atoms with Gasteiger partial charge in [0.1, 0.15) is 6.04 Å². The lowest BCUT2D eigenvalue weighted by atomic mass is 9.96. The highest BCUT2D eigenvalue weighted by molar-refractivity contribution is 5.95. The summed E-state index contributed by atoms with van der Waals surface area (Å²) in [6.07, 6.45) is 4.82. The molecule has 136 valence electrons. The molecule has 0 spiro atoms. The average Bonchev–Trinajstić information content (AvgIpc) is 3.07. The molecule has 0 aromatic carbocycles. The lowest BCUT2D eigenvalue weighted by molar-refractivity contribution is -0.124. The number of carbonyl (C=O) groups is 2. The number of carbonyl (C=O) groups excluding carboxylic acids is 2. The zero-order valence-corrected chi connectivity index (χ0v) is 15.2. The lowest BCUT2D eigenvalue weighted by Crippen LogP contribution is -2.50. The molecule has 1 aromatic rings. The molecule has 0 saturated carbocycles. The molecule has 1 aromatic heterocycles. The van der Waals surface area contributed by atoms with E-state index in [1.54, 1.807) is 12.1 Å². The Bertz CT molecular complexity index is 499. The largest absolute Gasteiger partial charge is 0.459 e. The van der Waals surface area contributed by atoms with Crippen molar-refractivity contribution in [3.8, 4) is 0 Å². The number of nitrogens with one attached hydrogen (secondary N) is 3. The summed E-state index contributed by atoms with van der Waals surface area (Å²) in [6.45, 7) is 6.59. The molecule has 6 nitrogen and oxygen atoms in total. The van der Waals surface area contributed by atoms with Crippen LogP contribution in [0.5, 0.6) is 0 Å². The third-order valence-electron chi connectivity index (χ3n) is 4.23. The molecule has 0 bridgehead atoms. The summed E-state index contributed by atoms with van der Waals surface area (Å²) in [7, 11) is 0. The van der Waals surface area contributed by atoms with Crippen LogP contribution in [0, 0.1) is 11.8 Å². The van der Waals surface area contributed by atoms with Crippen LogP contribution in [0.4, 0.5) is 0 Å². The van der Waals surface area contributed by atoms with Gasteiger partial charge in [0, 0.05) is 6.54 Å². The van der Waals surface area contributed by atoms with Crippen molar-refractivity contribution in [3.05, 3.63) is 24.2 Å². The molecule has 1 aliphatic rings. The zero-order chi connectivity index (χ0) is 16.7. The van der Waals surface area contributed by atoms with Crippen LogP contribution in [0.1, 0.15) is 43.7 Å². The molecule has 2 heterocycles. The summed E-state index contributed by atoms with van der Waals surface area (Å²) in [5.41, 5.74) is 0. The summed E-state index contributed by atoms with van der Waals surface area (Å²) in [5.74, 6) is 0.352. The van der Waals surface area contributed by atoms with Crippen molar-refractivity contribution < 1.29 is 14.0 Å². The minimum atomic E-state index is -0.558. The normalized spacial score (nSPS) is 18.5. The maximum absolute atomic E-state index is 12.4. The van der Waals surface area contributed by atoms with E-state index in [4.69, 9.17) is 4.42 Å². The number of hydrogen-bond donors (Lipinski definition) is 3. The van der Waals surface area contributed by atoms with Gasteiger partial charge < -0.3 is 20.4 Å². The topological polar surface area (TPSA) is 83.4 Å². The Morgan fingerprint density at radius 3 is 2.79 bits per heavy atom. The molecule has 2 amide bonds. The van der Waals surface area contributed by atoms with Crippen LogP contribution >= 0.6 is 12.4 Å². The molecular formula is C17H28ClN3O3. The quantitative estimate of drug-likeness (QED) is 0.696. The number of piperidine rings is 1. The molecule has 1 saturated heterocycles. The van der Waals surface area contributed by atoms with Crippen molar-refractivity contribution in [1.29, 1.82) is 0 Å². The highest BCUT2D eigenvalue weighted by Crippen LogP contribution is 2.13. The number of furan rings is 1. The van der Waals surface area contributed by atoms with Gasteiger partial charge in [0.2, 0.25) is 5.91 Å². The number of amides is 2. The molecular weight excluding hydrogens is 330 g/mol.